The number of aryl methyl sites for hydroxylation is 1. The van der Waals surface area contributed by atoms with E-state index in [0.29, 0.717) is 24.2 Å². The highest BCUT2D eigenvalue weighted by Crippen LogP contribution is 2.41. The Morgan fingerprint density at radius 2 is 1.93 bits per heavy atom. The fourth-order valence-corrected chi connectivity index (χ4v) is 4.01. The van der Waals surface area contributed by atoms with Gasteiger partial charge in [-0.15, -0.1) is 0 Å². The van der Waals surface area contributed by atoms with Crippen LogP contribution in [0.15, 0.2) is 42.6 Å². The van der Waals surface area contributed by atoms with Crippen molar-refractivity contribution < 1.29 is 14.0 Å². The van der Waals surface area contributed by atoms with Crippen molar-refractivity contribution in [3.8, 4) is 0 Å². The SMILES string of the molecule is Cc1ccnc(NC(=O)CN(C)C(=O)C2(c3cccc(F)c3)CCCCC2)c1. The van der Waals surface area contributed by atoms with Crippen LogP contribution in [0.4, 0.5) is 10.2 Å². The van der Waals surface area contributed by atoms with Crippen molar-refractivity contribution in [2.45, 2.75) is 44.4 Å². The Bertz CT molecular complexity index is 862. The molecule has 0 radical (unpaired) electrons. The summed E-state index contributed by atoms with van der Waals surface area (Å²) >= 11 is 0. The van der Waals surface area contributed by atoms with Crippen LogP contribution in [0.25, 0.3) is 0 Å². The summed E-state index contributed by atoms with van der Waals surface area (Å²) in [7, 11) is 1.63. The van der Waals surface area contributed by atoms with Gasteiger partial charge in [-0.05, 0) is 55.2 Å². The number of anilines is 1. The van der Waals surface area contributed by atoms with E-state index in [1.54, 1.807) is 25.4 Å². The Hall–Kier alpha value is -2.76. The van der Waals surface area contributed by atoms with Gasteiger partial charge in [0.15, 0.2) is 0 Å². The smallest absolute Gasteiger partial charge is 0.245 e. The lowest BCUT2D eigenvalue weighted by molar-refractivity contribution is -0.139. The summed E-state index contributed by atoms with van der Waals surface area (Å²) < 4.78 is 13.8. The zero-order chi connectivity index (χ0) is 20.1. The average molecular weight is 383 g/mol. The van der Waals surface area contributed by atoms with Crippen LogP contribution >= 0.6 is 0 Å². The third kappa shape index (κ3) is 4.38. The quantitative estimate of drug-likeness (QED) is 0.854. The number of nitrogens with one attached hydrogen (secondary N) is 1. The number of hydrogen-bond donors (Lipinski definition) is 1. The Morgan fingerprint density at radius 3 is 2.61 bits per heavy atom. The maximum atomic E-state index is 13.8. The van der Waals surface area contributed by atoms with Gasteiger partial charge >= 0.3 is 0 Å². The second-order valence-electron chi connectivity index (χ2n) is 7.58. The molecule has 2 aromatic rings. The van der Waals surface area contributed by atoms with Crippen LogP contribution < -0.4 is 5.32 Å². The number of hydrogen-bond acceptors (Lipinski definition) is 3. The minimum atomic E-state index is -0.767. The fourth-order valence-electron chi connectivity index (χ4n) is 4.01. The van der Waals surface area contributed by atoms with Gasteiger partial charge < -0.3 is 10.2 Å². The van der Waals surface area contributed by atoms with Gasteiger partial charge in [-0.1, -0.05) is 31.4 Å². The van der Waals surface area contributed by atoms with Crippen molar-refractivity contribution in [2.24, 2.45) is 0 Å². The molecule has 5 nitrogen and oxygen atoms in total. The number of amides is 2. The number of likely N-dealkylation sites (N-methyl/N-ethyl adjacent to an activating group) is 1. The molecule has 148 valence electrons. The predicted octanol–water partition coefficient (Wildman–Crippen LogP) is 3.83. The van der Waals surface area contributed by atoms with Crippen LogP contribution in [-0.2, 0) is 15.0 Å². The van der Waals surface area contributed by atoms with Crippen molar-refractivity contribution in [1.29, 1.82) is 0 Å². The first kappa shape index (κ1) is 20.0. The Morgan fingerprint density at radius 1 is 1.18 bits per heavy atom. The molecule has 6 heteroatoms. The summed E-state index contributed by atoms with van der Waals surface area (Å²) in [6.45, 7) is 1.84. The lowest BCUT2D eigenvalue weighted by Gasteiger charge is -2.39. The molecule has 1 fully saturated rings. The topological polar surface area (TPSA) is 62.3 Å². The van der Waals surface area contributed by atoms with Crippen LogP contribution in [0.3, 0.4) is 0 Å². The van der Waals surface area contributed by atoms with E-state index >= 15 is 0 Å². The molecule has 1 aromatic carbocycles. The van der Waals surface area contributed by atoms with Gasteiger partial charge in [0.1, 0.15) is 11.6 Å². The monoisotopic (exact) mass is 383 g/mol. The lowest BCUT2D eigenvalue weighted by atomic mass is 9.68. The number of halogens is 1. The first-order chi connectivity index (χ1) is 13.4. The average Bonchev–Trinajstić information content (AvgIpc) is 2.67. The molecule has 1 heterocycles. The van der Waals surface area contributed by atoms with E-state index in [-0.39, 0.29) is 24.2 Å². The van der Waals surface area contributed by atoms with Crippen LogP contribution in [0.1, 0.15) is 43.2 Å². The summed E-state index contributed by atoms with van der Waals surface area (Å²) in [6, 6.07) is 9.91. The van der Waals surface area contributed by atoms with E-state index in [4.69, 9.17) is 0 Å². The Labute approximate surface area is 165 Å². The van der Waals surface area contributed by atoms with Crippen LogP contribution in [0.2, 0.25) is 0 Å². The van der Waals surface area contributed by atoms with E-state index in [9.17, 15) is 14.0 Å². The molecule has 0 saturated heterocycles. The highest BCUT2D eigenvalue weighted by atomic mass is 19.1. The number of pyridine rings is 1. The van der Waals surface area contributed by atoms with Gasteiger partial charge in [0.25, 0.3) is 0 Å². The van der Waals surface area contributed by atoms with Crippen molar-refractivity contribution in [2.75, 3.05) is 18.9 Å². The summed E-state index contributed by atoms with van der Waals surface area (Å²) in [5.41, 5.74) is 0.920. The summed E-state index contributed by atoms with van der Waals surface area (Å²) in [5.74, 6) is -0.325. The molecule has 0 spiro atoms. The van der Waals surface area contributed by atoms with E-state index < -0.39 is 5.41 Å². The van der Waals surface area contributed by atoms with Crippen LogP contribution in [-0.4, -0.2) is 35.3 Å². The zero-order valence-electron chi connectivity index (χ0n) is 16.4. The first-order valence-electron chi connectivity index (χ1n) is 9.65. The zero-order valence-corrected chi connectivity index (χ0v) is 16.4. The normalized spacial score (nSPS) is 15.7. The van der Waals surface area contributed by atoms with Gasteiger partial charge in [-0.2, -0.15) is 0 Å². The van der Waals surface area contributed by atoms with E-state index in [0.717, 1.165) is 24.8 Å². The fraction of sp³-hybridized carbons (Fsp3) is 0.409. The molecule has 28 heavy (non-hydrogen) atoms. The second-order valence-corrected chi connectivity index (χ2v) is 7.58. The maximum absolute atomic E-state index is 13.8. The number of aromatic nitrogens is 1. The molecule has 1 aliphatic carbocycles. The Balaban J connectivity index is 1.76. The number of nitrogens with zero attached hydrogens (tertiary/aromatic N) is 2. The highest BCUT2D eigenvalue weighted by Gasteiger charge is 2.43. The van der Waals surface area contributed by atoms with Gasteiger partial charge in [-0.25, -0.2) is 9.37 Å². The number of carbonyl (C=O) groups is 2. The molecule has 0 aliphatic heterocycles. The van der Waals surface area contributed by atoms with Crippen molar-refractivity contribution >= 4 is 17.6 Å². The number of rotatable bonds is 5. The standard InChI is InChI=1S/C22H26FN3O2/c1-16-9-12-24-19(13-16)25-20(27)15-26(2)21(28)22(10-4-3-5-11-22)17-7-6-8-18(23)14-17/h6-9,12-14H,3-5,10-11,15H2,1-2H3,(H,24,25,27). The minimum absolute atomic E-state index is 0.0779. The van der Waals surface area contributed by atoms with Crippen LogP contribution in [0, 0.1) is 12.7 Å². The maximum Gasteiger partial charge on any atom is 0.245 e. The largest absolute Gasteiger partial charge is 0.336 e. The molecule has 1 aliphatic rings. The number of carbonyl (C=O) groups excluding carboxylic acids is 2. The molecule has 0 atom stereocenters. The molecule has 0 unspecified atom stereocenters. The summed E-state index contributed by atoms with van der Waals surface area (Å²) in [6.07, 6.45) is 5.85. The van der Waals surface area contributed by atoms with E-state index in [1.165, 1.54) is 17.0 Å². The Kier molecular flexibility index (Phi) is 6.07. The predicted molar refractivity (Wildman–Crippen MR) is 106 cm³/mol. The van der Waals surface area contributed by atoms with Gasteiger partial charge in [0.2, 0.25) is 11.8 Å². The highest BCUT2D eigenvalue weighted by molar-refractivity contribution is 5.96. The molecule has 1 aromatic heterocycles. The summed E-state index contributed by atoms with van der Waals surface area (Å²) in [5, 5.41) is 2.73. The first-order valence-corrected chi connectivity index (χ1v) is 9.65. The van der Waals surface area contributed by atoms with Gasteiger partial charge in [0.05, 0.1) is 12.0 Å². The molecule has 2 amide bonds. The molecule has 1 N–H and O–H groups in total. The molecule has 0 bridgehead atoms. The second kappa shape index (κ2) is 8.50. The third-order valence-electron chi connectivity index (χ3n) is 5.40. The third-order valence-corrected chi connectivity index (χ3v) is 5.40. The van der Waals surface area contributed by atoms with Crippen molar-refractivity contribution in [1.82, 2.24) is 9.88 Å². The van der Waals surface area contributed by atoms with Gasteiger partial charge in [-0.3, -0.25) is 9.59 Å². The molecule has 1 saturated carbocycles. The summed E-state index contributed by atoms with van der Waals surface area (Å²) in [4.78, 5) is 31.4. The minimum Gasteiger partial charge on any atom is -0.336 e. The molecular formula is C22H26FN3O2. The lowest BCUT2D eigenvalue weighted by Crippen LogP contribution is -2.48. The van der Waals surface area contributed by atoms with Crippen molar-refractivity contribution in [3.05, 3.63) is 59.5 Å². The van der Waals surface area contributed by atoms with E-state index in [2.05, 4.69) is 10.3 Å². The van der Waals surface area contributed by atoms with E-state index in [1.807, 2.05) is 19.1 Å². The van der Waals surface area contributed by atoms with Crippen LogP contribution in [0.5, 0.6) is 0 Å². The molecule has 3 rings (SSSR count). The molecular weight excluding hydrogens is 357 g/mol. The van der Waals surface area contributed by atoms with Crippen molar-refractivity contribution in [3.63, 3.8) is 0 Å². The van der Waals surface area contributed by atoms with Gasteiger partial charge in [0, 0.05) is 13.2 Å². The number of benzene rings is 1.